The molecular weight excluding hydrogens is 332 g/mol. The zero-order valence-corrected chi connectivity index (χ0v) is 14.7. The van der Waals surface area contributed by atoms with Crippen LogP contribution < -0.4 is 16.0 Å². The number of nitrogens with one attached hydrogen (secondary N) is 3. The van der Waals surface area contributed by atoms with Gasteiger partial charge in [-0.3, -0.25) is 4.79 Å². The average molecular weight is 356 g/mol. The Morgan fingerprint density at radius 2 is 1.38 bits per heavy atom. The van der Waals surface area contributed by atoms with Gasteiger partial charge in [-0.05, 0) is 37.1 Å². The molecule has 8 nitrogen and oxygen atoms in total. The molecule has 0 atom stereocenters. The summed E-state index contributed by atoms with van der Waals surface area (Å²) in [6.07, 6.45) is 6.55. The SMILES string of the molecule is O=C1NCCCCCCCCNc2nc(O)nc(n2)Nc2ccc1cc2. The monoisotopic (exact) mass is 356 g/mol. The fraction of sp³-hybridized carbons (Fsp3) is 0.444. The van der Waals surface area contributed by atoms with Crippen molar-refractivity contribution in [1.29, 1.82) is 0 Å². The topological polar surface area (TPSA) is 112 Å². The van der Waals surface area contributed by atoms with Crippen LogP contribution in [0.1, 0.15) is 48.9 Å². The molecule has 0 saturated carbocycles. The Hall–Kier alpha value is -2.90. The van der Waals surface area contributed by atoms with Gasteiger partial charge in [0.2, 0.25) is 11.9 Å². The number of hydrogen-bond donors (Lipinski definition) is 4. The van der Waals surface area contributed by atoms with E-state index in [1.165, 1.54) is 0 Å². The largest absolute Gasteiger partial charge is 0.479 e. The molecule has 2 aliphatic heterocycles. The summed E-state index contributed by atoms with van der Waals surface area (Å²) in [6, 6.07) is 6.69. The highest BCUT2D eigenvalue weighted by atomic mass is 16.3. The Morgan fingerprint density at radius 3 is 2.12 bits per heavy atom. The summed E-state index contributed by atoms with van der Waals surface area (Å²) in [4.78, 5) is 24.2. The van der Waals surface area contributed by atoms with Crippen LogP contribution in [0.3, 0.4) is 0 Å². The van der Waals surface area contributed by atoms with E-state index in [9.17, 15) is 9.90 Å². The van der Waals surface area contributed by atoms with Crippen molar-refractivity contribution < 1.29 is 9.90 Å². The van der Waals surface area contributed by atoms with E-state index in [0.717, 1.165) is 50.8 Å². The molecule has 2 aliphatic rings. The molecular formula is C18H24N6O2. The standard InChI is InChI=1S/C18H24N6O2/c25-15-13-7-9-14(10-8-13)21-17-22-16(23-18(26)24-17)20-12-6-4-2-1-3-5-11-19-15/h7-10H,1-6,11-12H2,(H,19,25)(H3,20,21,22,23,24,26). The number of aromatic nitrogens is 3. The molecule has 1 aromatic carbocycles. The number of amides is 1. The van der Waals surface area contributed by atoms with E-state index >= 15 is 0 Å². The number of nitrogens with zero attached hydrogens (tertiary/aromatic N) is 3. The lowest BCUT2D eigenvalue weighted by Crippen LogP contribution is -2.24. The van der Waals surface area contributed by atoms with E-state index in [1.807, 2.05) is 0 Å². The first-order valence-electron chi connectivity index (χ1n) is 9.05. The maximum absolute atomic E-state index is 12.1. The summed E-state index contributed by atoms with van der Waals surface area (Å²) in [5.74, 6) is 0.516. The minimum atomic E-state index is -0.341. The maximum atomic E-state index is 12.1. The molecule has 4 rings (SSSR count). The molecule has 0 unspecified atom stereocenters. The molecule has 138 valence electrons. The van der Waals surface area contributed by atoms with E-state index in [4.69, 9.17) is 0 Å². The van der Waals surface area contributed by atoms with E-state index in [2.05, 4.69) is 30.9 Å². The van der Waals surface area contributed by atoms with Crippen LogP contribution in [0.25, 0.3) is 0 Å². The zero-order valence-electron chi connectivity index (χ0n) is 14.7. The summed E-state index contributed by atoms with van der Waals surface area (Å²) in [7, 11) is 0. The minimum Gasteiger partial charge on any atom is -0.479 e. The van der Waals surface area contributed by atoms with Crippen LogP contribution in [0, 0.1) is 0 Å². The van der Waals surface area contributed by atoms with Crippen molar-refractivity contribution in [2.24, 2.45) is 0 Å². The maximum Gasteiger partial charge on any atom is 0.320 e. The van der Waals surface area contributed by atoms with E-state index in [-0.39, 0.29) is 17.9 Å². The Balaban J connectivity index is 1.75. The highest BCUT2D eigenvalue weighted by molar-refractivity contribution is 5.94. The molecule has 0 fully saturated rings. The van der Waals surface area contributed by atoms with Crippen LogP contribution in [-0.2, 0) is 0 Å². The summed E-state index contributed by atoms with van der Waals surface area (Å²) in [5, 5.41) is 18.8. The van der Waals surface area contributed by atoms with Crippen molar-refractivity contribution in [3.05, 3.63) is 29.8 Å². The lowest BCUT2D eigenvalue weighted by molar-refractivity contribution is 0.0953. The second-order valence-electron chi connectivity index (χ2n) is 6.29. The molecule has 0 aliphatic carbocycles. The van der Waals surface area contributed by atoms with Crippen LogP contribution in [-0.4, -0.2) is 39.1 Å². The predicted molar refractivity (Wildman–Crippen MR) is 99.7 cm³/mol. The van der Waals surface area contributed by atoms with Gasteiger partial charge in [-0.25, -0.2) is 0 Å². The first kappa shape index (κ1) is 17.9. The fourth-order valence-electron chi connectivity index (χ4n) is 2.80. The van der Waals surface area contributed by atoms with Gasteiger partial charge in [0.15, 0.2) is 0 Å². The van der Waals surface area contributed by atoms with Gasteiger partial charge in [0.05, 0.1) is 0 Å². The van der Waals surface area contributed by atoms with E-state index < -0.39 is 0 Å². The number of rotatable bonds is 0. The zero-order chi connectivity index (χ0) is 18.2. The fourth-order valence-corrected chi connectivity index (χ4v) is 2.80. The third-order valence-corrected chi connectivity index (χ3v) is 4.20. The predicted octanol–water partition coefficient (Wildman–Crippen LogP) is 2.82. The summed E-state index contributed by atoms with van der Waals surface area (Å²) in [5.41, 5.74) is 1.32. The molecule has 3 heterocycles. The second-order valence-corrected chi connectivity index (χ2v) is 6.29. The molecule has 0 radical (unpaired) electrons. The molecule has 4 bridgehead atoms. The quantitative estimate of drug-likeness (QED) is 0.574. The molecule has 2 aromatic rings. The number of carbonyl (C=O) groups is 1. The number of aromatic hydroxyl groups is 1. The second kappa shape index (κ2) is 8.98. The first-order valence-corrected chi connectivity index (χ1v) is 9.05. The normalized spacial score (nSPS) is 16.4. The Labute approximate surface area is 152 Å². The van der Waals surface area contributed by atoms with Crippen molar-refractivity contribution in [3.63, 3.8) is 0 Å². The van der Waals surface area contributed by atoms with Crippen molar-refractivity contribution in [1.82, 2.24) is 20.3 Å². The van der Waals surface area contributed by atoms with Gasteiger partial charge >= 0.3 is 6.01 Å². The van der Waals surface area contributed by atoms with Crippen LogP contribution in [0.2, 0.25) is 0 Å². The Morgan fingerprint density at radius 1 is 0.769 bits per heavy atom. The lowest BCUT2D eigenvalue weighted by Gasteiger charge is -2.09. The van der Waals surface area contributed by atoms with Crippen LogP contribution in [0.4, 0.5) is 17.6 Å². The molecule has 26 heavy (non-hydrogen) atoms. The van der Waals surface area contributed by atoms with Crippen molar-refractivity contribution in [2.45, 2.75) is 38.5 Å². The number of anilines is 3. The third-order valence-electron chi connectivity index (χ3n) is 4.20. The molecule has 4 N–H and O–H groups in total. The number of benzene rings is 1. The van der Waals surface area contributed by atoms with E-state index in [0.29, 0.717) is 18.1 Å². The molecule has 8 heteroatoms. The Kier molecular flexibility index (Phi) is 6.19. The molecule has 1 amide bonds. The molecule has 1 aromatic heterocycles. The lowest BCUT2D eigenvalue weighted by atomic mass is 10.1. The van der Waals surface area contributed by atoms with Gasteiger partial charge in [-0.1, -0.05) is 25.7 Å². The average Bonchev–Trinajstić information content (AvgIpc) is 2.62. The van der Waals surface area contributed by atoms with Gasteiger partial charge in [-0.2, -0.15) is 15.0 Å². The number of fused-ring (bicyclic) bond motifs is 12. The highest BCUT2D eigenvalue weighted by Crippen LogP contribution is 2.17. The van der Waals surface area contributed by atoms with Gasteiger partial charge < -0.3 is 21.1 Å². The first-order chi connectivity index (χ1) is 12.7. The number of hydrogen-bond acceptors (Lipinski definition) is 7. The highest BCUT2D eigenvalue weighted by Gasteiger charge is 2.08. The molecule has 0 saturated heterocycles. The van der Waals surface area contributed by atoms with Gasteiger partial charge in [-0.15, -0.1) is 0 Å². The van der Waals surface area contributed by atoms with Gasteiger partial charge in [0, 0.05) is 24.3 Å². The summed E-state index contributed by atoms with van der Waals surface area (Å²) in [6.45, 7) is 1.44. The van der Waals surface area contributed by atoms with Crippen LogP contribution >= 0.6 is 0 Å². The van der Waals surface area contributed by atoms with Crippen molar-refractivity contribution in [3.8, 4) is 6.01 Å². The van der Waals surface area contributed by atoms with Gasteiger partial charge in [0.25, 0.3) is 5.91 Å². The van der Waals surface area contributed by atoms with Crippen LogP contribution in [0.5, 0.6) is 6.01 Å². The smallest absolute Gasteiger partial charge is 0.320 e. The summed E-state index contributed by atoms with van der Waals surface area (Å²) >= 11 is 0. The van der Waals surface area contributed by atoms with Gasteiger partial charge in [0.1, 0.15) is 0 Å². The third kappa shape index (κ3) is 5.30. The molecule has 0 spiro atoms. The van der Waals surface area contributed by atoms with E-state index in [1.54, 1.807) is 24.3 Å². The minimum absolute atomic E-state index is 0.0706. The Bertz CT molecular complexity index is 735. The van der Waals surface area contributed by atoms with Crippen molar-refractivity contribution in [2.75, 3.05) is 23.7 Å². The van der Waals surface area contributed by atoms with Crippen molar-refractivity contribution >= 4 is 23.5 Å². The summed E-state index contributed by atoms with van der Waals surface area (Å²) < 4.78 is 0. The number of carbonyl (C=O) groups excluding carboxylic acids is 1. The van der Waals surface area contributed by atoms with Crippen LogP contribution in [0.15, 0.2) is 24.3 Å².